The normalized spacial score (nSPS) is 9.62. The Morgan fingerprint density at radius 3 is 2.81 bits per heavy atom. The highest BCUT2D eigenvalue weighted by Gasteiger charge is 2.09. The number of nitrogens with zero attached hydrogens (tertiary/aromatic N) is 3. The third-order valence-corrected chi connectivity index (χ3v) is 3.39. The van der Waals surface area contributed by atoms with Crippen molar-refractivity contribution >= 4 is 33.8 Å². The summed E-state index contributed by atoms with van der Waals surface area (Å²) in [4.78, 5) is 15.2. The summed E-state index contributed by atoms with van der Waals surface area (Å²) in [6.45, 7) is 0. The Balaban J connectivity index is 2.69. The van der Waals surface area contributed by atoms with E-state index in [-0.39, 0.29) is 5.69 Å². The van der Waals surface area contributed by atoms with Gasteiger partial charge >= 0.3 is 0 Å². The van der Waals surface area contributed by atoms with Crippen molar-refractivity contribution in [2.24, 2.45) is 5.10 Å². The van der Waals surface area contributed by atoms with Crippen LogP contribution in [0.1, 0.15) is 10.5 Å². The summed E-state index contributed by atoms with van der Waals surface area (Å²) >= 11 is 2.84. The standard InChI is InChI=1S/C8H10N4O2S2/c1-15-8(16-2)11-10-7(13)6-5-12(14)4-3-9-6/h3-5H,1-2H3,(H,10,13). The molecule has 0 unspecified atom stereocenters. The molecule has 0 saturated carbocycles. The van der Waals surface area contributed by atoms with Gasteiger partial charge in [0.25, 0.3) is 5.91 Å². The van der Waals surface area contributed by atoms with E-state index in [4.69, 9.17) is 0 Å². The molecule has 1 N–H and O–H groups in total. The monoisotopic (exact) mass is 258 g/mol. The molecule has 0 bridgehead atoms. The number of thioether (sulfide) groups is 2. The van der Waals surface area contributed by atoms with Crippen LogP contribution in [0.25, 0.3) is 0 Å². The molecule has 1 aromatic heterocycles. The van der Waals surface area contributed by atoms with Crippen LogP contribution in [0.2, 0.25) is 0 Å². The maximum Gasteiger partial charge on any atom is 0.296 e. The molecule has 1 heterocycles. The number of nitrogens with one attached hydrogen (secondary N) is 1. The third kappa shape index (κ3) is 3.70. The Kier molecular flexibility index (Phi) is 5.06. The molecule has 6 nitrogen and oxygen atoms in total. The van der Waals surface area contributed by atoms with Crippen molar-refractivity contribution in [3.05, 3.63) is 29.5 Å². The second-order valence-electron chi connectivity index (χ2n) is 2.53. The number of hydrazone groups is 1. The zero-order chi connectivity index (χ0) is 12.0. The summed E-state index contributed by atoms with van der Waals surface area (Å²) < 4.78 is 1.23. The molecular formula is C8H10N4O2S2. The van der Waals surface area contributed by atoms with Crippen molar-refractivity contribution in [3.8, 4) is 0 Å². The zero-order valence-corrected chi connectivity index (χ0v) is 10.3. The van der Waals surface area contributed by atoms with E-state index in [9.17, 15) is 10.0 Å². The van der Waals surface area contributed by atoms with E-state index in [1.54, 1.807) is 0 Å². The highest BCUT2D eigenvalue weighted by molar-refractivity contribution is 8.38. The number of carbonyl (C=O) groups excluding carboxylic acids is 1. The SMILES string of the molecule is CSC(=NNC(=O)c1c[n+]([O-])ccn1)SC. The van der Waals surface area contributed by atoms with E-state index in [1.807, 2.05) is 12.5 Å². The van der Waals surface area contributed by atoms with Gasteiger partial charge in [-0.3, -0.25) is 4.79 Å². The first kappa shape index (κ1) is 12.8. The van der Waals surface area contributed by atoms with Crippen molar-refractivity contribution < 1.29 is 9.52 Å². The highest BCUT2D eigenvalue weighted by atomic mass is 32.2. The van der Waals surface area contributed by atoms with Crippen LogP contribution in [0.4, 0.5) is 0 Å². The molecular weight excluding hydrogens is 248 g/mol. The molecule has 16 heavy (non-hydrogen) atoms. The number of carbonyl (C=O) groups is 1. The highest BCUT2D eigenvalue weighted by Crippen LogP contribution is 2.09. The Bertz CT molecular complexity index is 405. The second kappa shape index (κ2) is 6.33. The van der Waals surface area contributed by atoms with Gasteiger partial charge in [0.1, 0.15) is 4.38 Å². The fraction of sp³-hybridized carbons (Fsp3) is 0.250. The molecule has 0 aliphatic heterocycles. The molecule has 0 atom stereocenters. The van der Waals surface area contributed by atoms with Gasteiger partial charge in [0.15, 0.2) is 11.9 Å². The Morgan fingerprint density at radius 2 is 2.25 bits per heavy atom. The lowest BCUT2D eigenvalue weighted by Gasteiger charge is -2.01. The molecule has 0 spiro atoms. The van der Waals surface area contributed by atoms with E-state index in [1.165, 1.54) is 35.9 Å². The van der Waals surface area contributed by atoms with Gasteiger partial charge in [0.05, 0.1) is 6.20 Å². The fourth-order valence-electron chi connectivity index (χ4n) is 0.822. The molecule has 0 aromatic carbocycles. The molecule has 0 radical (unpaired) electrons. The first-order chi connectivity index (χ1) is 7.67. The van der Waals surface area contributed by atoms with Crippen LogP contribution in [0.5, 0.6) is 0 Å². The molecule has 0 saturated heterocycles. The average Bonchev–Trinajstić information content (AvgIpc) is 2.30. The lowest BCUT2D eigenvalue weighted by atomic mass is 10.4. The van der Waals surface area contributed by atoms with Crippen LogP contribution in [0, 0.1) is 5.21 Å². The smallest absolute Gasteiger partial charge is 0.296 e. The minimum atomic E-state index is -0.509. The summed E-state index contributed by atoms with van der Waals surface area (Å²) in [5.74, 6) is -0.509. The van der Waals surface area contributed by atoms with E-state index in [2.05, 4.69) is 15.5 Å². The van der Waals surface area contributed by atoms with Gasteiger partial charge in [-0.05, 0) is 12.5 Å². The number of rotatable bonds is 2. The largest absolute Gasteiger partial charge is 0.619 e. The zero-order valence-electron chi connectivity index (χ0n) is 8.71. The Hall–Kier alpha value is -1.28. The first-order valence-electron chi connectivity index (χ1n) is 4.18. The van der Waals surface area contributed by atoms with E-state index in [0.29, 0.717) is 4.73 Å². The van der Waals surface area contributed by atoms with Crippen molar-refractivity contribution in [1.29, 1.82) is 0 Å². The predicted molar refractivity (Wildman–Crippen MR) is 65.1 cm³/mol. The van der Waals surface area contributed by atoms with Crippen molar-refractivity contribution in [2.75, 3.05) is 12.5 Å². The van der Waals surface area contributed by atoms with Gasteiger partial charge in [-0.25, -0.2) is 10.4 Å². The lowest BCUT2D eigenvalue weighted by Crippen LogP contribution is -2.29. The summed E-state index contributed by atoms with van der Waals surface area (Å²) in [7, 11) is 0. The van der Waals surface area contributed by atoms with Crippen LogP contribution < -0.4 is 10.2 Å². The average molecular weight is 258 g/mol. The van der Waals surface area contributed by atoms with Gasteiger partial charge in [-0.1, -0.05) is 0 Å². The summed E-state index contributed by atoms with van der Waals surface area (Å²) in [5.41, 5.74) is 2.35. The van der Waals surface area contributed by atoms with Gasteiger partial charge in [-0.2, -0.15) is 9.83 Å². The molecule has 0 fully saturated rings. The van der Waals surface area contributed by atoms with E-state index in [0.717, 1.165) is 10.6 Å². The van der Waals surface area contributed by atoms with Gasteiger partial charge in [-0.15, -0.1) is 23.5 Å². The first-order valence-corrected chi connectivity index (χ1v) is 6.63. The molecule has 1 rings (SSSR count). The molecule has 1 aromatic rings. The molecule has 8 heteroatoms. The second-order valence-corrected chi connectivity index (χ2v) is 4.38. The van der Waals surface area contributed by atoms with Crippen molar-refractivity contribution in [2.45, 2.75) is 0 Å². The van der Waals surface area contributed by atoms with Crippen LogP contribution in [-0.4, -0.2) is 27.8 Å². The van der Waals surface area contributed by atoms with Crippen LogP contribution in [0.15, 0.2) is 23.7 Å². The number of aromatic nitrogens is 2. The van der Waals surface area contributed by atoms with Gasteiger partial charge in [0, 0.05) is 0 Å². The van der Waals surface area contributed by atoms with Crippen LogP contribution in [-0.2, 0) is 0 Å². The topological polar surface area (TPSA) is 81.3 Å². The Morgan fingerprint density at radius 1 is 1.56 bits per heavy atom. The maximum absolute atomic E-state index is 11.5. The number of amides is 1. The minimum absolute atomic E-state index is 0.0304. The van der Waals surface area contributed by atoms with E-state index >= 15 is 0 Å². The molecule has 0 aliphatic carbocycles. The predicted octanol–water partition coefficient (Wildman–Crippen LogP) is 0.442. The lowest BCUT2D eigenvalue weighted by molar-refractivity contribution is -0.606. The molecule has 86 valence electrons. The summed E-state index contributed by atoms with van der Waals surface area (Å²) in [5, 5.41) is 14.8. The fourth-order valence-corrected chi connectivity index (χ4v) is 1.76. The maximum atomic E-state index is 11.5. The van der Waals surface area contributed by atoms with Crippen molar-refractivity contribution in [3.63, 3.8) is 0 Å². The third-order valence-electron chi connectivity index (χ3n) is 1.51. The quantitative estimate of drug-likeness (QED) is 0.274. The van der Waals surface area contributed by atoms with Crippen LogP contribution >= 0.6 is 23.5 Å². The van der Waals surface area contributed by atoms with Crippen molar-refractivity contribution in [1.82, 2.24) is 10.4 Å². The summed E-state index contributed by atoms with van der Waals surface area (Å²) in [6, 6.07) is 0. The Labute approximate surface area is 101 Å². The number of hydrogen-bond donors (Lipinski definition) is 1. The van der Waals surface area contributed by atoms with E-state index < -0.39 is 5.91 Å². The summed E-state index contributed by atoms with van der Waals surface area (Å²) in [6.07, 6.45) is 7.26. The minimum Gasteiger partial charge on any atom is -0.619 e. The van der Waals surface area contributed by atoms with Gasteiger partial charge < -0.3 is 5.21 Å². The molecule has 0 aliphatic rings. The van der Waals surface area contributed by atoms with Gasteiger partial charge in [0.2, 0.25) is 6.20 Å². The molecule has 1 amide bonds. The number of hydrogen-bond acceptors (Lipinski definition) is 6. The van der Waals surface area contributed by atoms with Crippen LogP contribution in [0.3, 0.4) is 0 Å².